The van der Waals surface area contributed by atoms with Gasteiger partial charge in [0.15, 0.2) is 5.11 Å². The highest BCUT2D eigenvalue weighted by molar-refractivity contribution is 7.80. The van der Waals surface area contributed by atoms with Crippen LogP contribution >= 0.6 is 12.2 Å². The lowest BCUT2D eigenvalue weighted by Gasteiger charge is -2.17. The molecule has 4 nitrogen and oxygen atoms in total. The lowest BCUT2D eigenvalue weighted by molar-refractivity contribution is -0.117. The minimum Gasteiger partial charge on any atom is -0.358 e. The van der Waals surface area contributed by atoms with Gasteiger partial charge in [-0.2, -0.15) is 0 Å². The Morgan fingerprint density at radius 1 is 1.21 bits per heavy atom. The Morgan fingerprint density at radius 3 is 2.71 bits per heavy atom. The van der Waals surface area contributed by atoms with Gasteiger partial charge < -0.3 is 15.5 Å². The minimum atomic E-state index is -0.285. The Balaban J connectivity index is 1.57. The molecule has 1 amide bonds. The van der Waals surface area contributed by atoms with E-state index >= 15 is 0 Å². The van der Waals surface area contributed by atoms with Gasteiger partial charge >= 0.3 is 0 Å². The summed E-state index contributed by atoms with van der Waals surface area (Å²) in [5.74, 6) is -0.110. The molecule has 1 aliphatic heterocycles. The van der Waals surface area contributed by atoms with E-state index in [1.807, 2.05) is 29.2 Å². The molecule has 0 radical (unpaired) electrons. The van der Waals surface area contributed by atoms with Crippen LogP contribution in [0, 0.1) is 5.82 Å². The van der Waals surface area contributed by atoms with Crippen LogP contribution in [0.2, 0.25) is 0 Å². The van der Waals surface area contributed by atoms with Crippen LogP contribution in [0.3, 0.4) is 0 Å². The number of benzene rings is 2. The van der Waals surface area contributed by atoms with Crippen molar-refractivity contribution in [2.45, 2.75) is 19.4 Å². The summed E-state index contributed by atoms with van der Waals surface area (Å²) in [6.07, 6.45) is 1.53. The zero-order chi connectivity index (χ0) is 16.9. The summed E-state index contributed by atoms with van der Waals surface area (Å²) in [5, 5.41) is 6.58. The van der Waals surface area contributed by atoms with Gasteiger partial charge in [-0.25, -0.2) is 4.39 Å². The molecule has 0 spiro atoms. The normalized spacial score (nSPS) is 13.9. The molecule has 124 valence electrons. The molecule has 6 heteroatoms. The second-order valence-corrected chi connectivity index (χ2v) is 6.04. The Morgan fingerprint density at radius 2 is 2.00 bits per heavy atom. The zero-order valence-corrected chi connectivity index (χ0v) is 13.9. The first-order chi connectivity index (χ1) is 11.6. The maximum atomic E-state index is 12.9. The van der Waals surface area contributed by atoms with Crippen molar-refractivity contribution in [1.29, 1.82) is 0 Å². The van der Waals surface area contributed by atoms with E-state index in [2.05, 4.69) is 10.6 Å². The van der Waals surface area contributed by atoms with E-state index in [0.29, 0.717) is 18.1 Å². The van der Waals surface area contributed by atoms with Crippen molar-refractivity contribution in [2.75, 3.05) is 16.8 Å². The van der Waals surface area contributed by atoms with Crippen molar-refractivity contribution >= 4 is 34.6 Å². The first-order valence-electron chi connectivity index (χ1n) is 7.81. The highest BCUT2D eigenvalue weighted by Gasteiger charge is 2.21. The molecule has 0 bridgehead atoms. The third-order valence-electron chi connectivity index (χ3n) is 3.85. The van der Waals surface area contributed by atoms with Gasteiger partial charge in [0.05, 0.1) is 0 Å². The average Bonchev–Trinajstić information content (AvgIpc) is 3.01. The molecule has 2 aromatic carbocycles. The van der Waals surface area contributed by atoms with E-state index in [0.717, 1.165) is 29.9 Å². The topological polar surface area (TPSA) is 44.4 Å². The molecule has 1 heterocycles. The van der Waals surface area contributed by atoms with Crippen LogP contribution in [-0.2, 0) is 11.3 Å². The summed E-state index contributed by atoms with van der Waals surface area (Å²) in [7, 11) is 0. The fourth-order valence-corrected chi connectivity index (χ4v) is 2.84. The molecular formula is C18H18FN3OS. The lowest BCUT2D eigenvalue weighted by Crippen LogP contribution is -2.28. The van der Waals surface area contributed by atoms with E-state index < -0.39 is 0 Å². The number of hydrogen-bond acceptors (Lipinski definition) is 2. The smallest absolute Gasteiger partial charge is 0.227 e. The number of carbonyl (C=O) groups excluding carboxylic acids is 1. The molecule has 0 atom stereocenters. The quantitative estimate of drug-likeness (QED) is 0.835. The molecule has 3 rings (SSSR count). The summed E-state index contributed by atoms with van der Waals surface area (Å²) < 4.78 is 12.9. The second kappa shape index (κ2) is 7.40. The minimum absolute atomic E-state index is 0.175. The van der Waals surface area contributed by atoms with Crippen molar-refractivity contribution < 1.29 is 9.18 Å². The number of nitrogens with zero attached hydrogens (tertiary/aromatic N) is 1. The molecule has 0 aromatic heterocycles. The van der Waals surface area contributed by atoms with E-state index in [1.54, 1.807) is 12.1 Å². The number of nitrogens with one attached hydrogen (secondary N) is 2. The van der Waals surface area contributed by atoms with Crippen LogP contribution in [0.1, 0.15) is 18.4 Å². The zero-order valence-electron chi connectivity index (χ0n) is 13.1. The molecule has 1 saturated heterocycles. The van der Waals surface area contributed by atoms with Crippen molar-refractivity contribution in [1.82, 2.24) is 5.32 Å². The Labute approximate surface area is 145 Å². The van der Waals surface area contributed by atoms with E-state index in [4.69, 9.17) is 12.2 Å². The van der Waals surface area contributed by atoms with Gasteiger partial charge in [0, 0.05) is 30.9 Å². The summed E-state index contributed by atoms with van der Waals surface area (Å²) in [6, 6.07) is 13.9. The molecule has 2 N–H and O–H groups in total. The monoisotopic (exact) mass is 343 g/mol. The fraction of sp³-hybridized carbons (Fsp3) is 0.222. The van der Waals surface area contributed by atoms with Gasteiger partial charge in [0.25, 0.3) is 0 Å². The lowest BCUT2D eigenvalue weighted by atomic mass is 10.2. The molecule has 1 fully saturated rings. The predicted molar refractivity (Wildman–Crippen MR) is 97.5 cm³/mol. The summed E-state index contributed by atoms with van der Waals surface area (Å²) in [5.41, 5.74) is 2.69. The van der Waals surface area contributed by atoms with Crippen LogP contribution in [0.5, 0.6) is 0 Å². The van der Waals surface area contributed by atoms with Gasteiger partial charge in [0.2, 0.25) is 5.91 Å². The SMILES string of the molecule is O=C1CCCN1c1cccc(CNC(=S)Nc2ccc(F)cc2)c1. The van der Waals surface area contributed by atoms with Crippen molar-refractivity contribution in [3.05, 3.63) is 59.9 Å². The third kappa shape index (κ3) is 4.08. The Kier molecular flexibility index (Phi) is 5.05. The first-order valence-corrected chi connectivity index (χ1v) is 8.22. The third-order valence-corrected chi connectivity index (χ3v) is 4.10. The number of amides is 1. The van der Waals surface area contributed by atoms with Crippen LogP contribution in [0.15, 0.2) is 48.5 Å². The number of carbonyl (C=O) groups is 1. The predicted octanol–water partition coefficient (Wildman–Crippen LogP) is 3.44. The van der Waals surface area contributed by atoms with E-state index in [-0.39, 0.29) is 11.7 Å². The molecule has 1 aliphatic rings. The fourth-order valence-electron chi connectivity index (χ4n) is 2.65. The summed E-state index contributed by atoms with van der Waals surface area (Å²) >= 11 is 5.25. The van der Waals surface area contributed by atoms with Gasteiger partial charge in [0.1, 0.15) is 5.82 Å². The largest absolute Gasteiger partial charge is 0.358 e. The molecule has 0 aliphatic carbocycles. The standard InChI is InChI=1S/C18H18FN3OS/c19-14-6-8-15(9-7-14)21-18(24)20-12-13-3-1-4-16(11-13)22-10-2-5-17(22)23/h1,3-4,6-9,11H,2,5,10,12H2,(H2,20,21,24). The van der Waals surface area contributed by atoms with Gasteiger partial charge in [-0.05, 0) is 60.6 Å². The van der Waals surface area contributed by atoms with Crippen LogP contribution < -0.4 is 15.5 Å². The average molecular weight is 343 g/mol. The Bertz CT molecular complexity index is 748. The number of anilines is 2. The number of halogens is 1. The Hall–Kier alpha value is -2.47. The van der Waals surface area contributed by atoms with Gasteiger partial charge in [-0.1, -0.05) is 12.1 Å². The molecule has 0 saturated carbocycles. The number of hydrogen-bond donors (Lipinski definition) is 2. The number of thiocarbonyl (C=S) groups is 1. The molecular weight excluding hydrogens is 325 g/mol. The number of rotatable bonds is 4. The van der Waals surface area contributed by atoms with Crippen molar-refractivity contribution in [3.63, 3.8) is 0 Å². The van der Waals surface area contributed by atoms with E-state index in [9.17, 15) is 9.18 Å². The van der Waals surface area contributed by atoms with Crippen LogP contribution in [-0.4, -0.2) is 17.6 Å². The molecule has 0 unspecified atom stereocenters. The maximum absolute atomic E-state index is 12.9. The van der Waals surface area contributed by atoms with Gasteiger partial charge in [-0.15, -0.1) is 0 Å². The van der Waals surface area contributed by atoms with Crippen LogP contribution in [0.4, 0.5) is 15.8 Å². The van der Waals surface area contributed by atoms with Crippen molar-refractivity contribution in [3.8, 4) is 0 Å². The highest BCUT2D eigenvalue weighted by atomic mass is 32.1. The second-order valence-electron chi connectivity index (χ2n) is 5.63. The van der Waals surface area contributed by atoms with Crippen molar-refractivity contribution in [2.24, 2.45) is 0 Å². The summed E-state index contributed by atoms with van der Waals surface area (Å²) in [4.78, 5) is 13.7. The highest BCUT2D eigenvalue weighted by Crippen LogP contribution is 2.22. The molecule has 2 aromatic rings. The van der Waals surface area contributed by atoms with Gasteiger partial charge in [-0.3, -0.25) is 4.79 Å². The molecule has 24 heavy (non-hydrogen) atoms. The van der Waals surface area contributed by atoms with E-state index in [1.165, 1.54) is 12.1 Å². The maximum Gasteiger partial charge on any atom is 0.227 e. The summed E-state index contributed by atoms with van der Waals surface area (Å²) in [6.45, 7) is 1.32. The first kappa shape index (κ1) is 16.4. The van der Waals surface area contributed by atoms with Crippen LogP contribution in [0.25, 0.3) is 0 Å².